The number of likely N-dealkylation sites (N-methyl/N-ethyl adjacent to an activating group) is 1. The molecule has 0 aliphatic heterocycles. The third kappa shape index (κ3) is 5.01. The molecule has 0 saturated carbocycles. The molecule has 0 fully saturated rings. The van der Waals surface area contributed by atoms with Gasteiger partial charge in [0.15, 0.2) is 6.61 Å². The number of hydrogen-bond acceptors (Lipinski definition) is 4. The number of amides is 2. The summed E-state index contributed by atoms with van der Waals surface area (Å²) in [5.74, 6) is -4.03. The number of hydrogen-bond donors (Lipinski definition) is 2. The zero-order valence-corrected chi connectivity index (χ0v) is 10.5. The molecule has 0 atom stereocenters. The molecule has 1 aromatic carbocycles. The summed E-state index contributed by atoms with van der Waals surface area (Å²) in [7, 11) is 1.40. The van der Waals surface area contributed by atoms with Crippen LogP contribution in [0.25, 0.3) is 0 Å². The van der Waals surface area contributed by atoms with Crippen molar-refractivity contribution >= 4 is 17.8 Å². The maximum atomic E-state index is 12.9. The van der Waals surface area contributed by atoms with E-state index in [1.54, 1.807) is 0 Å². The van der Waals surface area contributed by atoms with Crippen molar-refractivity contribution in [1.29, 1.82) is 0 Å². The van der Waals surface area contributed by atoms with Gasteiger partial charge in [0.1, 0.15) is 11.6 Å². The lowest BCUT2D eigenvalue weighted by Gasteiger charge is -2.06. The molecule has 8 heteroatoms. The molecule has 108 valence electrons. The zero-order chi connectivity index (χ0) is 15.1. The van der Waals surface area contributed by atoms with E-state index in [-0.39, 0.29) is 12.1 Å². The first-order valence-corrected chi connectivity index (χ1v) is 5.53. The quantitative estimate of drug-likeness (QED) is 0.745. The molecule has 6 nitrogen and oxygen atoms in total. The first-order chi connectivity index (χ1) is 9.42. The van der Waals surface area contributed by atoms with E-state index in [0.717, 1.165) is 12.1 Å². The fourth-order valence-electron chi connectivity index (χ4n) is 1.20. The predicted octanol–water partition coefficient (Wildman–Crippen LogP) is -0.0162. The van der Waals surface area contributed by atoms with Gasteiger partial charge in [-0.2, -0.15) is 0 Å². The van der Waals surface area contributed by atoms with Crippen LogP contribution in [0.5, 0.6) is 0 Å². The third-order valence-electron chi connectivity index (χ3n) is 2.16. The monoisotopic (exact) mass is 286 g/mol. The van der Waals surface area contributed by atoms with Crippen molar-refractivity contribution < 1.29 is 27.9 Å². The van der Waals surface area contributed by atoms with Gasteiger partial charge in [-0.15, -0.1) is 0 Å². The topological polar surface area (TPSA) is 84.5 Å². The normalized spacial score (nSPS) is 9.75. The SMILES string of the molecule is CNC(=O)CNC(=O)COC(=O)c1cc(F)cc(F)c1. The van der Waals surface area contributed by atoms with Gasteiger partial charge in [0.25, 0.3) is 5.91 Å². The fourth-order valence-corrected chi connectivity index (χ4v) is 1.20. The predicted molar refractivity (Wildman–Crippen MR) is 63.7 cm³/mol. The van der Waals surface area contributed by atoms with Crippen LogP contribution in [0.15, 0.2) is 18.2 Å². The number of benzene rings is 1. The molecule has 0 aromatic heterocycles. The minimum atomic E-state index is -1.04. The Morgan fingerprint density at radius 2 is 1.70 bits per heavy atom. The largest absolute Gasteiger partial charge is 0.452 e. The van der Waals surface area contributed by atoms with Crippen molar-refractivity contribution in [2.75, 3.05) is 20.2 Å². The first kappa shape index (κ1) is 15.5. The molecular formula is C12H12F2N2O4. The Kier molecular flexibility index (Phi) is 5.57. The van der Waals surface area contributed by atoms with E-state index in [4.69, 9.17) is 0 Å². The highest BCUT2D eigenvalue weighted by atomic mass is 19.1. The van der Waals surface area contributed by atoms with E-state index in [9.17, 15) is 23.2 Å². The summed E-state index contributed by atoms with van der Waals surface area (Å²) in [5, 5.41) is 4.47. The molecule has 0 saturated heterocycles. The van der Waals surface area contributed by atoms with Crippen LogP contribution in [0.4, 0.5) is 8.78 Å². The molecule has 1 aromatic rings. The Balaban J connectivity index is 2.46. The van der Waals surface area contributed by atoms with Crippen LogP contribution in [0.2, 0.25) is 0 Å². The second kappa shape index (κ2) is 7.17. The van der Waals surface area contributed by atoms with Crippen LogP contribution in [0.1, 0.15) is 10.4 Å². The number of carbonyl (C=O) groups is 3. The summed E-state index contributed by atoms with van der Waals surface area (Å²) in [6, 6.07) is 2.18. The first-order valence-electron chi connectivity index (χ1n) is 5.53. The van der Waals surface area contributed by atoms with Crippen molar-refractivity contribution in [3.63, 3.8) is 0 Å². The zero-order valence-electron chi connectivity index (χ0n) is 10.5. The summed E-state index contributed by atoms with van der Waals surface area (Å²) in [5.41, 5.74) is -0.346. The highest BCUT2D eigenvalue weighted by Gasteiger charge is 2.13. The lowest BCUT2D eigenvalue weighted by molar-refractivity contribution is -0.127. The van der Waals surface area contributed by atoms with Crippen LogP contribution in [0, 0.1) is 11.6 Å². The molecule has 0 spiro atoms. The van der Waals surface area contributed by atoms with Gasteiger partial charge in [-0.05, 0) is 12.1 Å². The number of ether oxygens (including phenoxy) is 1. The lowest BCUT2D eigenvalue weighted by atomic mass is 10.2. The average molecular weight is 286 g/mol. The van der Waals surface area contributed by atoms with Crippen LogP contribution >= 0.6 is 0 Å². The number of halogens is 2. The summed E-state index contributed by atoms with van der Waals surface area (Å²) >= 11 is 0. The second-order valence-electron chi connectivity index (χ2n) is 3.68. The van der Waals surface area contributed by atoms with Crippen molar-refractivity contribution in [1.82, 2.24) is 10.6 Å². The number of esters is 1. The van der Waals surface area contributed by atoms with Crippen LogP contribution in [0.3, 0.4) is 0 Å². The van der Waals surface area contributed by atoms with Crippen molar-refractivity contribution in [2.45, 2.75) is 0 Å². The van der Waals surface area contributed by atoms with Gasteiger partial charge in [0.05, 0.1) is 12.1 Å². The Morgan fingerprint density at radius 3 is 2.25 bits per heavy atom. The maximum Gasteiger partial charge on any atom is 0.338 e. The van der Waals surface area contributed by atoms with Gasteiger partial charge in [0.2, 0.25) is 5.91 Å². The highest BCUT2D eigenvalue weighted by Crippen LogP contribution is 2.09. The van der Waals surface area contributed by atoms with E-state index >= 15 is 0 Å². The molecule has 20 heavy (non-hydrogen) atoms. The number of nitrogens with one attached hydrogen (secondary N) is 2. The average Bonchev–Trinajstić information content (AvgIpc) is 2.40. The van der Waals surface area contributed by atoms with Gasteiger partial charge in [-0.3, -0.25) is 9.59 Å². The summed E-state index contributed by atoms with van der Waals surface area (Å²) in [6.07, 6.45) is 0. The van der Waals surface area contributed by atoms with Crippen LogP contribution in [-0.2, 0) is 14.3 Å². The molecule has 0 bridgehead atoms. The molecule has 0 aliphatic carbocycles. The smallest absolute Gasteiger partial charge is 0.338 e. The van der Waals surface area contributed by atoms with E-state index in [1.807, 2.05) is 0 Å². The molecule has 0 heterocycles. The Morgan fingerprint density at radius 1 is 1.10 bits per heavy atom. The van der Waals surface area contributed by atoms with E-state index in [2.05, 4.69) is 15.4 Å². The van der Waals surface area contributed by atoms with Crippen molar-refractivity contribution in [3.8, 4) is 0 Å². The molecule has 2 amide bonds. The molecular weight excluding hydrogens is 274 g/mol. The second-order valence-corrected chi connectivity index (χ2v) is 3.68. The van der Waals surface area contributed by atoms with Crippen molar-refractivity contribution in [2.24, 2.45) is 0 Å². The maximum absolute atomic E-state index is 12.9. The minimum absolute atomic E-state index is 0.262. The molecule has 2 N–H and O–H groups in total. The van der Waals surface area contributed by atoms with Crippen LogP contribution < -0.4 is 10.6 Å². The van der Waals surface area contributed by atoms with Gasteiger partial charge in [0, 0.05) is 13.1 Å². The Hall–Kier alpha value is -2.51. The summed E-state index contributed by atoms with van der Waals surface area (Å²) in [6.45, 7) is -0.921. The molecule has 0 radical (unpaired) electrons. The highest BCUT2D eigenvalue weighted by molar-refractivity contribution is 5.92. The standard InChI is InChI=1S/C12H12F2N2O4/c1-15-10(17)5-16-11(18)6-20-12(19)7-2-8(13)4-9(14)3-7/h2-4H,5-6H2,1H3,(H,15,17)(H,16,18). The van der Waals surface area contributed by atoms with E-state index in [0.29, 0.717) is 6.07 Å². The van der Waals surface area contributed by atoms with E-state index < -0.39 is 36.0 Å². The van der Waals surface area contributed by atoms with Gasteiger partial charge >= 0.3 is 5.97 Å². The molecule has 1 rings (SSSR count). The summed E-state index contributed by atoms with van der Waals surface area (Å²) in [4.78, 5) is 33.5. The third-order valence-corrected chi connectivity index (χ3v) is 2.16. The molecule has 0 aliphatic rings. The Labute approximate surface area is 113 Å². The molecule has 0 unspecified atom stereocenters. The number of rotatable bonds is 5. The lowest BCUT2D eigenvalue weighted by Crippen LogP contribution is -2.37. The fraction of sp³-hybridized carbons (Fsp3) is 0.250. The van der Waals surface area contributed by atoms with Gasteiger partial charge < -0.3 is 15.4 Å². The van der Waals surface area contributed by atoms with Crippen molar-refractivity contribution in [3.05, 3.63) is 35.4 Å². The summed E-state index contributed by atoms with van der Waals surface area (Å²) < 4.78 is 30.3. The Bertz CT molecular complexity index is 514. The number of carbonyl (C=O) groups excluding carboxylic acids is 3. The van der Waals surface area contributed by atoms with Crippen LogP contribution in [-0.4, -0.2) is 38.0 Å². The van der Waals surface area contributed by atoms with Gasteiger partial charge in [-0.25, -0.2) is 13.6 Å². The minimum Gasteiger partial charge on any atom is -0.452 e. The van der Waals surface area contributed by atoms with Gasteiger partial charge in [-0.1, -0.05) is 0 Å². The van der Waals surface area contributed by atoms with E-state index in [1.165, 1.54) is 7.05 Å².